The lowest BCUT2D eigenvalue weighted by Gasteiger charge is -2.11. The molecule has 2 amide bonds. The summed E-state index contributed by atoms with van der Waals surface area (Å²) < 4.78 is 14.7. The molecule has 16 heavy (non-hydrogen) atoms. The zero-order valence-electron chi connectivity index (χ0n) is 8.04. The van der Waals surface area contributed by atoms with E-state index in [4.69, 9.17) is 4.89 Å². The smallest absolute Gasteiger partial charge is 0.318 e. The zero-order valence-corrected chi connectivity index (χ0v) is 9.04. The predicted molar refractivity (Wildman–Crippen MR) is 54.1 cm³/mol. The minimum atomic E-state index is -3.15. The molecule has 0 spiro atoms. The third-order valence-electron chi connectivity index (χ3n) is 2.20. The Hall–Kier alpha value is -1.49. The molecule has 1 aromatic rings. The number of benzene rings is 1. The van der Waals surface area contributed by atoms with E-state index in [0.29, 0.717) is 0 Å². The van der Waals surface area contributed by atoms with Crippen molar-refractivity contribution in [1.82, 2.24) is 4.90 Å². The summed E-state index contributed by atoms with van der Waals surface area (Å²) in [6.45, 7) is -0.499. The lowest BCUT2D eigenvalue weighted by atomic mass is 10.1. The van der Waals surface area contributed by atoms with Gasteiger partial charge in [0, 0.05) is 0 Å². The van der Waals surface area contributed by atoms with Gasteiger partial charge in [-0.05, 0) is 12.1 Å². The van der Waals surface area contributed by atoms with E-state index in [1.165, 1.54) is 12.1 Å². The van der Waals surface area contributed by atoms with Crippen molar-refractivity contribution in [2.24, 2.45) is 0 Å². The molecule has 1 heterocycles. The largest absolute Gasteiger partial charge is 0.326 e. The molecule has 0 saturated carbocycles. The van der Waals surface area contributed by atoms with Crippen molar-refractivity contribution in [3.63, 3.8) is 0 Å². The third kappa shape index (κ3) is 1.78. The molecule has 6 nitrogen and oxygen atoms in total. The van der Waals surface area contributed by atoms with Gasteiger partial charge < -0.3 is 4.89 Å². The van der Waals surface area contributed by atoms with E-state index < -0.39 is 26.8 Å². The van der Waals surface area contributed by atoms with E-state index in [0.717, 1.165) is 4.90 Å². The van der Waals surface area contributed by atoms with Crippen LogP contribution >= 0.6 is 8.25 Å². The van der Waals surface area contributed by atoms with E-state index in [9.17, 15) is 14.2 Å². The molecule has 1 unspecified atom stereocenters. The van der Waals surface area contributed by atoms with Crippen LogP contribution in [0.2, 0.25) is 0 Å². The van der Waals surface area contributed by atoms with Crippen LogP contribution in [-0.4, -0.2) is 28.3 Å². The first-order valence-electron chi connectivity index (χ1n) is 4.42. The number of imide groups is 1. The quantitative estimate of drug-likeness (QED) is 0.620. The van der Waals surface area contributed by atoms with Crippen molar-refractivity contribution in [3.05, 3.63) is 35.4 Å². The van der Waals surface area contributed by atoms with Crippen LogP contribution in [0, 0.1) is 0 Å². The molecule has 0 radical (unpaired) electrons. The topological polar surface area (TPSA) is 83.9 Å². The molecular weight excluding hydrogens is 233 g/mol. The molecule has 84 valence electrons. The number of carbonyl (C=O) groups excluding carboxylic acids is 2. The van der Waals surface area contributed by atoms with Crippen molar-refractivity contribution >= 4 is 20.1 Å². The molecule has 1 aliphatic heterocycles. The van der Waals surface area contributed by atoms with Crippen molar-refractivity contribution in [2.45, 2.75) is 0 Å². The highest BCUT2D eigenvalue weighted by molar-refractivity contribution is 7.32. The van der Waals surface area contributed by atoms with E-state index in [1.54, 1.807) is 12.1 Å². The summed E-state index contributed by atoms with van der Waals surface area (Å²) in [7, 11) is -3.15. The first-order chi connectivity index (χ1) is 7.61. The fraction of sp³-hybridized carbons (Fsp3) is 0.111. The van der Waals surface area contributed by atoms with E-state index in [2.05, 4.69) is 4.52 Å². The molecular formula is C9H8NO5P. The van der Waals surface area contributed by atoms with Crippen LogP contribution in [0.1, 0.15) is 20.7 Å². The fourth-order valence-electron chi connectivity index (χ4n) is 1.48. The van der Waals surface area contributed by atoms with Gasteiger partial charge in [-0.1, -0.05) is 12.1 Å². The highest BCUT2D eigenvalue weighted by Gasteiger charge is 2.35. The molecule has 1 N–H and O–H groups in total. The minimum absolute atomic E-state index is 0.286. The molecule has 0 aromatic heterocycles. The highest BCUT2D eigenvalue weighted by atomic mass is 31.1. The molecule has 2 rings (SSSR count). The summed E-state index contributed by atoms with van der Waals surface area (Å²) in [4.78, 5) is 32.6. The van der Waals surface area contributed by atoms with Gasteiger partial charge in [0.15, 0.2) is 0 Å². The molecule has 1 aromatic carbocycles. The SMILES string of the molecule is O=C1c2ccccc2C(=O)N1CO[PH](=O)O. The summed E-state index contributed by atoms with van der Waals surface area (Å²) >= 11 is 0. The maximum Gasteiger partial charge on any atom is 0.318 e. The maximum atomic E-state index is 11.7. The third-order valence-corrected chi connectivity index (χ3v) is 2.57. The van der Waals surface area contributed by atoms with E-state index in [-0.39, 0.29) is 11.1 Å². The van der Waals surface area contributed by atoms with Gasteiger partial charge in [-0.25, -0.2) is 4.90 Å². The summed E-state index contributed by atoms with van der Waals surface area (Å²) in [5.74, 6) is -1.02. The van der Waals surface area contributed by atoms with Gasteiger partial charge >= 0.3 is 8.25 Å². The number of rotatable bonds is 3. The van der Waals surface area contributed by atoms with Crippen molar-refractivity contribution in [3.8, 4) is 0 Å². The fourth-order valence-corrected chi connectivity index (χ4v) is 1.72. The summed E-state index contributed by atoms with van der Waals surface area (Å²) in [6.07, 6.45) is 0. The Morgan fingerprint density at radius 3 is 2.12 bits per heavy atom. The lowest BCUT2D eigenvalue weighted by molar-refractivity contribution is 0.0521. The Balaban J connectivity index is 2.25. The van der Waals surface area contributed by atoms with Crippen molar-refractivity contribution in [1.29, 1.82) is 0 Å². The van der Waals surface area contributed by atoms with Gasteiger partial charge in [-0.2, -0.15) is 0 Å². The monoisotopic (exact) mass is 241 g/mol. The van der Waals surface area contributed by atoms with Crippen molar-refractivity contribution in [2.75, 3.05) is 6.73 Å². The Morgan fingerprint density at radius 1 is 1.19 bits per heavy atom. The molecule has 0 saturated heterocycles. The molecule has 0 aliphatic carbocycles. The van der Waals surface area contributed by atoms with Gasteiger partial charge in [0.2, 0.25) is 0 Å². The Labute approximate surface area is 91.4 Å². The Kier molecular flexibility index (Phi) is 2.87. The maximum absolute atomic E-state index is 11.7. The van der Waals surface area contributed by atoms with Crippen LogP contribution in [0.4, 0.5) is 0 Å². The first kappa shape index (κ1) is 11.0. The van der Waals surface area contributed by atoms with Gasteiger partial charge in [0.05, 0.1) is 11.1 Å². The van der Waals surface area contributed by atoms with Crippen LogP contribution in [-0.2, 0) is 9.09 Å². The van der Waals surface area contributed by atoms with Crippen LogP contribution in [0.25, 0.3) is 0 Å². The summed E-state index contributed by atoms with van der Waals surface area (Å²) in [5.41, 5.74) is 0.572. The standard InChI is InChI=1S/C9H8NO5P/c11-8-6-3-1-2-4-7(6)9(12)10(8)5-15-16(13)14/h1-4,16H,5H2,(H,13,14). The van der Waals surface area contributed by atoms with Crippen LogP contribution in [0.15, 0.2) is 24.3 Å². The number of fused-ring (bicyclic) bond motifs is 1. The number of carbonyl (C=O) groups is 2. The molecule has 0 bridgehead atoms. The molecule has 1 atom stereocenters. The second kappa shape index (κ2) is 4.17. The Morgan fingerprint density at radius 2 is 1.69 bits per heavy atom. The van der Waals surface area contributed by atoms with Crippen LogP contribution < -0.4 is 0 Å². The average molecular weight is 241 g/mol. The van der Waals surface area contributed by atoms with Crippen molar-refractivity contribution < 1.29 is 23.6 Å². The second-order valence-corrected chi connectivity index (χ2v) is 3.94. The van der Waals surface area contributed by atoms with E-state index in [1.807, 2.05) is 0 Å². The highest BCUT2D eigenvalue weighted by Crippen LogP contribution is 2.24. The molecule has 0 fully saturated rings. The average Bonchev–Trinajstić information content (AvgIpc) is 2.50. The van der Waals surface area contributed by atoms with Gasteiger partial charge in [0.1, 0.15) is 6.73 Å². The molecule has 7 heteroatoms. The number of hydrogen-bond donors (Lipinski definition) is 1. The van der Waals surface area contributed by atoms with Gasteiger partial charge in [-0.15, -0.1) is 0 Å². The number of amides is 2. The summed E-state index contributed by atoms with van der Waals surface area (Å²) in [5, 5.41) is 0. The Bertz CT molecular complexity index is 452. The van der Waals surface area contributed by atoms with Gasteiger partial charge in [0.25, 0.3) is 11.8 Å². The van der Waals surface area contributed by atoms with E-state index >= 15 is 0 Å². The first-order valence-corrected chi connectivity index (χ1v) is 5.68. The minimum Gasteiger partial charge on any atom is -0.326 e. The second-order valence-electron chi connectivity index (χ2n) is 3.12. The summed E-state index contributed by atoms with van der Waals surface area (Å²) in [6, 6.07) is 6.33. The normalized spacial score (nSPS) is 16.4. The van der Waals surface area contributed by atoms with Crippen LogP contribution in [0.3, 0.4) is 0 Å². The van der Waals surface area contributed by atoms with Crippen LogP contribution in [0.5, 0.6) is 0 Å². The van der Waals surface area contributed by atoms with Gasteiger partial charge in [-0.3, -0.25) is 18.7 Å². The predicted octanol–water partition coefficient (Wildman–Crippen LogP) is 0.639. The lowest BCUT2D eigenvalue weighted by Crippen LogP contribution is -2.31. The molecule has 1 aliphatic rings. The number of nitrogens with zero attached hydrogens (tertiary/aromatic N) is 1. The zero-order chi connectivity index (χ0) is 11.7. The number of hydrogen-bond acceptors (Lipinski definition) is 4.